The summed E-state index contributed by atoms with van der Waals surface area (Å²) in [5.74, 6) is -3.88. The summed E-state index contributed by atoms with van der Waals surface area (Å²) >= 11 is 0. The first kappa shape index (κ1) is 19.3. The van der Waals surface area contributed by atoms with Crippen LogP contribution in [0.3, 0.4) is 0 Å². The highest BCUT2D eigenvalue weighted by Crippen LogP contribution is 2.33. The molecule has 2 aliphatic heterocycles. The normalized spacial score (nSPS) is 19.1. The number of amides is 2. The number of halogens is 3. The van der Waals surface area contributed by atoms with Crippen molar-refractivity contribution >= 4 is 28.9 Å². The fraction of sp³-hybridized carbons (Fsp3) is 0.333. The number of para-hydroxylation sites is 1. The molecule has 2 aromatic rings. The molecule has 8 heteroatoms. The molecule has 1 unspecified atom stereocenters. The second kappa shape index (κ2) is 7.77. The molecule has 29 heavy (non-hydrogen) atoms. The van der Waals surface area contributed by atoms with E-state index in [9.17, 15) is 22.8 Å². The van der Waals surface area contributed by atoms with Crippen molar-refractivity contribution < 1.29 is 22.8 Å². The minimum absolute atomic E-state index is 0.0548. The summed E-state index contributed by atoms with van der Waals surface area (Å²) in [4.78, 5) is 28.2. The van der Waals surface area contributed by atoms with Gasteiger partial charge in [0.25, 0.3) is 0 Å². The van der Waals surface area contributed by atoms with E-state index in [4.69, 9.17) is 0 Å². The first-order valence-corrected chi connectivity index (χ1v) is 9.54. The van der Waals surface area contributed by atoms with Crippen LogP contribution in [0.5, 0.6) is 0 Å². The summed E-state index contributed by atoms with van der Waals surface area (Å²) in [5.41, 5.74) is 0.634. The number of carbonyl (C=O) groups excluding carboxylic acids is 2. The smallest absolute Gasteiger partial charge is 0.229 e. The molecule has 0 saturated carbocycles. The molecular weight excluding hydrogens is 383 g/mol. The van der Waals surface area contributed by atoms with Crippen molar-refractivity contribution in [3.63, 3.8) is 0 Å². The van der Waals surface area contributed by atoms with Crippen molar-refractivity contribution in [2.75, 3.05) is 34.8 Å². The Kier molecular flexibility index (Phi) is 5.17. The minimum Gasteiger partial charge on any atom is -0.370 e. The monoisotopic (exact) mass is 403 g/mol. The number of hydrogen-bond acceptors (Lipinski definition) is 3. The summed E-state index contributed by atoms with van der Waals surface area (Å²) in [6, 6.07) is 7.54. The van der Waals surface area contributed by atoms with Crippen LogP contribution in [0, 0.1) is 23.4 Å². The summed E-state index contributed by atoms with van der Waals surface area (Å²) < 4.78 is 41.6. The number of hydrogen-bond donors (Lipinski definition) is 1. The van der Waals surface area contributed by atoms with Crippen molar-refractivity contribution in [2.24, 2.45) is 5.92 Å². The summed E-state index contributed by atoms with van der Waals surface area (Å²) in [6.07, 6.45) is 1.87. The first-order chi connectivity index (χ1) is 13.9. The number of anilines is 3. The average molecular weight is 403 g/mol. The fourth-order valence-electron chi connectivity index (χ4n) is 3.90. The van der Waals surface area contributed by atoms with Gasteiger partial charge < -0.3 is 15.1 Å². The third-order valence-corrected chi connectivity index (χ3v) is 5.38. The lowest BCUT2D eigenvalue weighted by Crippen LogP contribution is -2.29. The molecule has 2 aliphatic rings. The van der Waals surface area contributed by atoms with E-state index in [-0.39, 0.29) is 24.3 Å². The highest BCUT2D eigenvalue weighted by atomic mass is 19.1. The second-order valence-electron chi connectivity index (χ2n) is 7.32. The molecule has 0 bridgehead atoms. The van der Waals surface area contributed by atoms with Gasteiger partial charge in [-0.3, -0.25) is 9.59 Å². The van der Waals surface area contributed by atoms with E-state index in [1.807, 2.05) is 4.90 Å². The van der Waals surface area contributed by atoms with Crippen LogP contribution in [0.15, 0.2) is 36.4 Å². The van der Waals surface area contributed by atoms with E-state index in [0.717, 1.165) is 36.9 Å². The zero-order valence-electron chi connectivity index (χ0n) is 15.6. The lowest BCUT2D eigenvalue weighted by molar-refractivity contribution is -0.122. The Balaban J connectivity index is 1.52. The van der Waals surface area contributed by atoms with E-state index >= 15 is 0 Å². The molecule has 5 nitrogen and oxygen atoms in total. The first-order valence-electron chi connectivity index (χ1n) is 9.54. The number of rotatable bonds is 4. The molecule has 2 heterocycles. The molecule has 0 spiro atoms. The standard InChI is InChI=1S/C21H20F3N3O2/c22-14-6-7-17(16(24)11-14)27-12-13(10-19(27)28)21(29)25-20-15(23)4-3-5-18(20)26-8-1-2-9-26/h3-7,11,13H,1-2,8-10,12H2,(H,25,29). The van der Waals surface area contributed by atoms with Crippen molar-refractivity contribution in [2.45, 2.75) is 19.3 Å². The van der Waals surface area contributed by atoms with Crippen LogP contribution in [0.1, 0.15) is 19.3 Å². The van der Waals surface area contributed by atoms with Crippen LogP contribution >= 0.6 is 0 Å². The van der Waals surface area contributed by atoms with Crippen molar-refractivity contribution in [1.82, 2.24) is 0 Å². The topological polar surface area (TPSA) is 52.7 Å². The Bertz CT molecular complexity index is 960. The van der Waals surface area contributed by atoms with Gasteiger partial charge >= 0.3 is 0 Å². The maximum atomic E-state index is 14.5. The van der Waals surface area contributed by atoms with Gasteiger partial charge in [0, 0.05) is 32.1 Å². The summed E-state index contributed by atoms with van der Waals surface area (Å²) in [5, 5.41) is 2.63. The van der Waals surface area contributed by atoms with Gasteiger partial charge in [0.2, 0.25) is 11.8 Å². The van der Waals surface area contributed by atoms with E-state index in [2.05, 4.69) is 5.32 Å². The maximum Gasteiger partial charge on any atom is 0.229 e. The van der Waals surface area contributed by atoms with Gasteiger partial charge in [0.15, 0.2) is 0 Å². The molecule has 152 valence electrons. The molecular formula is C21H20F3N3O2. The van der Waals surface area contributed by atoms with E-state index in [1.165, 1.54) is 12.1 Å². The van der Waals surface area contributed by atoms with Crippen LogP contribution in [-0.2, 0) is 9.59 Å². The third kappa shape index (κ3) is 3.79. The minimum atomic E-state index is -0.871. The Morgan fingerprint density at radius 2 is 1.76 bits per heavy atom. The van der Waals surface area contributed by atoms with Crippen LogP contribution in [0.4, 0.5) is 30.2 Å². The number of carbonyl (C=O) groups is 2. The lowest BCUT2D eigenvalue weighted by Gasteiger charge is -2.23. The molecule has 1 atom stereocenters. The number of nitrogens with zero attached hydrogens (tertiary/aromatic N) is 2. The number of nitrogens with one attached hydrogen (secondary N) is 1. The SMILES string of the molecule is O=C(Nc1c(F)cccc1N1CCCC1)C1CC(=O)N(c2ccc(F)cc2F)C1. The molecule has 0 aliphatic carbocycles. The highest BCUT2D eigenvalue weighted by molar-refractivity contribution is 6.04. The number of benzene rings is 2. The molecule has 2 amide bonds. The highest BCUT2D eigenvalue weighted by Gasteiger charge is 2.37. The lowest BCUT2D eigenvalue weighted by atomic mass is 10.1. The van der Waals surface area contributed by atoms with Gasteiger partial charge in [-0.1, -0.05) is 6.07 Å². The van der Waals surface area contributed by atoms with Gasteiger partial charge in [-0.15, -0.1) is 0 Å². The predicted molar refractivity (Wildman–Crippen MR) is 103 cm³/mol. The molecule has 2 saturated heterocycles. The van der Waals surface area contributed by atoms with Crippen molar-refractivity contribution in [3.8, 4) is 0 Å². The Morgan fingerprint density at radius 3 is 2.48 bits per heavy atom. The molecule has 2 fully saturated rings. The average Bonchev–Trinajstić information content (AvgIpc) is 3.33. The zero-order chi connectivity index (χ0) is 20.5. The van der Waals surface area contributed by atoms with Crippen LogP contribution in [0.25, 0.3) is 0 Å². The zero-order valence-corrected chi connectivity index (χ0v) is 15.6. The van der Waals surface area contributed by atoms with E-state index in [1.54, 1.807) is 12.1 Å². The summed E-state index contributed by atoms with van der Waals surface area (Å²) in [6.45, 7) is 1.51. The van der Waals surface area contributed by atoms with Crippen LogP contribution < -0.4 is 15.1 Å². The van der Waals surface area contributed by atoms with Gasteiger partial charge in [-0.05, 0) is 37.1 Å². The van der Waals surface area contributed by atoms with Crippen molar-refractivity contribution in [1.29, 1.82) is 0 Å². The molecule has 0 radical (unpaired) electrons. The van der Waals surface area contributed by atoms with Crippen LogP contribution in [0.2, 0.25) is 0 Å². The fourth-order valence-corrected chi connectivity index (χ4v) is 3.90. The quantitative estimate of drug-likeness (QED) is 0.847. The molecule has 0 aromatic heterocycles. The molecule has 2 aromatic carbocycles. The van der Waals surface area contributed by atoms with Crippen molar-refractivity contribution in [3.05, 3.63) is 53.8 Å². The Labute approximate surface area is 166 Å². The van der Waals surface area contributed by atoms with E-state index < -0.39 is 35.2 Å². The Morgan fingerprint density at radius 1 is 1.00 bits per heavy atom. The van der Waals surface area contributed by atoms with Gasteiger partial charge in [-0.25, -0.2) is 13.2 Å². The van der Waals surface area contributed by atoms with Gasteiger partial charge in [0.1, 0.15) is 23.1 Å². The largest absolute Gasteiger partial charge is 0.370 e. The molecule has 4 rings (SSSR count). The second-order valence-corrected chi connectivity index (χ2v) is 7.32. The predicted octanol–water partition coefficient (Wildman–Crippen LogP) is 3.70. The Hall–Kier alpha value is -3.03. The van der Waals surface area contributed by atoms with Crippen LogP contribution in [-0.4, -0.2) is 31.4 Å². The third-order valence-electron chi connectivity index (χ3n) is 5.38. The van der Waals surface area contributed by atoms with Gasteiger partial charge in [0.05, 0.1) is 17.3 Å². The summed E-state index contributed by atoms with van der Waals surface area (Å²) in [7, 11) is 0. The molecule has 1 N–H and O–H groups in total. The van der Waals surface area contributed by atoms with Gasteiger partial charge in [-0.2, -0.15) is 0 Å². The van der Waals surface area contributed by atoms with E-state index in [0.29, 0.717) is 11.8 Å². The maximum absolute atomic E-state index is 14.5.